The number of aliphatic carboxylic acids is 1. The molecule has 1 aliphatic heterocycles. The molecule has 1 N–H and O–H groups in total. The minimum Gasteiger partial charge on any atom is -0.493 e. The molecular weight excluding hydrogens is 381 g/mol. The molecule has 1 aromatic rings. The van der Waals surface area contributed by atoms with Crippen LogP contribution in [0.1, 0.15) is 25.3 Å². The van der Waals surface area contributed by atoms with E-state index in [1.165, 1.54) is 18.1 Å². The zero-order chi connectivity index (χ0) is 18.4. The number of methoxy groups -OCH3 is 1. The van der Waals surface area contributed by atoms with Gasteiger partial charge < -0.3 is 19.5 Å². The van der Waals surface area contributed by atoms with Crippen LogP contribution in [0.3, 0.4) is 0 Å². The fourth-order valence-electron chi connectivity index (χ4n) is 2.62. The Kier molecular flexibility index (Phi) is 8.75. The second-order valence-electron chi connectivity index (χ2n) is 5.82. The molecule has 2 rings (SSSR count). The molecule has 1 atom stereocenters. The maximum atomic E-state index is 12.2. The van der Waals surface area contributed by atoms with Crippen molar-refractivity contribution in [1.29, 1.82) is 0 Å². The van der Waals surface area contributed by atoms with Crippen LogP contribution < -0.4 is 9.47 Å². The maximum absolute atomic E-state index is 12.2. The van der Waals surface area contributed by atoms with E-state index in [0.717, 1.165) is 6.42 Å². The van der Waals surface area contributed by atoms with Gasteiger partial charge in [0, 0.05) is 19.2 Å². The van der Waals surface area contributed by atoms with E-state index in [2.05, 4.69) is 0 Å². The first-order valence-corrected chi connectivity index (χ1v) is 8.54. The van der Waals surface area contributed by atoms with Crippen molar-refractivity contribution < 1.29 is 24.2 Å². The molecule has 0 aromatic heterocycles. The van der Waals surface area contributed by atoms with E-state index in [1.807, 2.05) is 6.92 Å². The highest BCUT2D eigenvalue weighted by molar-refractivity contribution is 6.32. The molecule has 144 valence electrons. The molecule has 26 heavy (non-hydrogen) atoms. The first kappa shape index (κ1) is 22.1. The number of nitrogens with zero attached hydrogens (tertiary/aromatic N) is 1. The summed E-state index contributed by atoms with van der Waals surface area (Å²) in [6.45, 7) is 3.22. The monoisotopic (exact) mass is 403 g/mol. The minimum absolute atomic E-state index is 0. The first-order chi connectivity index (χ1) is 12.0. The summed E-state index contributed by atoms with van der Waals surface area (Å²) in [7, 11) is 1.53. The van der Waals surface area contributed by atoms with E-state index >= 15 is 0 Å². The Morgan fingerprint density at radius 1 is 1.42 bits per heavy atom. The van der Waals surface area contributed by atoms with Crippen molar-refractivity contribution in [3.05, 3.63) is 28.8 Å². The lowest BCUT2D eigenvalue weighted by Crippen LogP contribution is -2.28. The van der Waals surface area contributed by atoms with E-state index in [4.69, 9.17) is 26.2 Å². The maximum Gasteiger partial charge on any atom is 0.308 e. The lowest BCUT2D eigenvalue weighted by molar-refractivity contribution is -0.141. The molecule has 1 fully saturated rings. The van der Waals surface area contributed by atoms with E-state index in [-0.39, 0.29) is 24.9 Å². The number of benzene rings is 1. The molecule has 0 saturated carbocycles. The van der Waals surface area contributed by atoms with Crippen LogP contribution >= 0.6 is 24.0 Å². The average molecular weight is 404 g/mol. The molecule has 1 amide bonds. The molecule has 8 heteroatoms. The van der Waals surface area contributed by atoms with Crippen molar-refractivity contribution >= 4 is 42.0 Å². The van der Waals surface area contributed by atoms with Gasteiger partial charge in [-0.15, -0.1) is 12.4 Å². The molecule has 0 bridgehead atoms. The Bertz CT molecular complexity index is 678. The summed E-state index contributed by atoms with van der Waals surface area (Å²) in [5.74, 6) is -0.580. The summed E-state index contributed by atoms with van der Waals surface area (Å²) in [5.41, 5.74) is 0.702. The van der Waals surface area contributed by atoms with Gasteiger partial charge in [0.1, 0.15) is 0 Å². The topological polar surface area (TPSA) is 76.1 Å². The normalized spacial score (nSPS) is 16.4. The van der Waals surface area contributed by atoms with Gasteiger partial charge in [-0.05, 0) is 36.6 Å². The van der Waals surface area contributed by atoms with Crippen LogP contribution in [0.5, 0.6) is 11.5 Å². The van der Waals surface area contributed by atoms with Crippen molar-refractivity contribution in [3.63, 3.8) is 0 Å². The fourth-order valence-corrected chi connectivity index (χ4v) is 2.89. The summed E-state index contributed by atoms with van der Waals surface area (Å²) in [4.78, 5) is 24.7. The van der Waals surface area contributed by atoms with Gasteiger partial charge in [-0.1, -0.05) is 18.5 Å². The number of rotatable bonds is 7. The summed E-state index contributed by atoms with van der Waals surface area (Å²) < 4.78 is 10.9. The number of hydrogen-bond acceptors (Lipinski definition) is 4. The highest BCUT2D eigenvalue weighted by Gasteiger charge is 2.29. The number of hydrogen-bond donors (Lipinski definition) is 1. The zero-order valence-electron chi connectivity index (χ0n) is 14.7. The molecule has 1 aromatic carbocycles. The summed E-state index contributed by atoms with van der Waals surface area (Å²) >= 11 is 6.25. The smallest absolute Gasteiger partial charge is 0.308 e. The number of carboxylic acid groups (broad SMARTS) is 1. The van der Waals surface area contributed by atoms with Gasteiger partial charge in [0.2, 0.25) is 5.91 Å². The Morgan fingerprint density at radius 3 is 2.73 bits per heavy atom. The number of likely N-dealkylation sites (tertiary alicyclic amines) is 1. The van der Waals surface area contributed by atoms with Crippen molar-refractivity contribution in [2.24, 2.45) is 5.92 Å². The fraction of sp³-hybridized carbons (Fsp3) is 0.444. The van der Waals surface area contributed by atoms with Crippen LogP contribution in [0.25, 0.3) is 6.08 Å². The molecule has 1 heterocycles. The van der Waals surface area contributed by atoms with Crippen LogP contribution in [0.4, 0.5) is 0 Å². The van der Waals surface area contributed by atoms with Crippen molar-refractivity contribution in [3.8, 4) is 11.5 Å². The first-order valence-electron chi connectivity index (χ1n) is 8.16. The van der Waals surface area contributed by atoms with E-state index in [9.17, 15) is 9.59 Å². The number of carbonyl (C=O) groups is 2. The molecular formula is C18H23Cl2NO5. The van der Waals surface area contributed by atoms with Gasteiger partial charge >= 0.3 is 5.97 Å². The molecule has 6 nitrogen and oxygen atoms in total. The molecule has 0 aliphatic carbocycles. The van der Waals surface area contributed by atoms with Crippen LogP contribution in [0.15, 0.2) is 18.2 Å². The zero-order valence-corrected chi connectivity index (χ0v) is 16.3. The summed E-state index contributed by atoms with van der Waals surface area (Å²) in [5, 5.41) is 9.41. The average Bonchev–Trinajstić information content (AvgIpc) is 3.08. The van der Waals surface area contributed by atoms with Crippen LogP contribution in [0, 0.1) is 5.92 Å². The highest BCUT2D eigenvalue weighted by atomic mass is 35.5. The van der Waals surface area contributed by atoms with E-state index < -0.39 is 11.9 Å². The van der Waals surface area contributed by atoms with E-state index in [1.54, 1.807) is 18.2 Å². The van der Waals surface area contributed by atoms with Crippen LogP contribution in [-0.4, -0.2) is 48.7 Å². The van der Waals surface area contributed by atoms with Gasteiger partial charge in [-0.2, -0.15) is 0 Å². The Hall–Kier alpha value is -1.92. The minimum atomic E-state index is -0.863. The molecule has 1 aliphatic rings. The van der Waals surface area contributed by atoms with Gasteiger partial charge in [0.15, 0.2) is 11.5 Å². The largest absolute Gasteiger partial charge is 0.493 e. The van der Waals surface area contributed by atoms with Crippen molar-refractivity contribution in [2.75, 3.05) is 26.8 Å². The summed E-state index contributed by atoms with van der Waals surface area (Å²) in [6.07, 6.45) is 4.39. The molecule has 1 unspecified atom stereocenters. The van der Waals surface area contributed by atoms with Crippen LogP contribution in [-0.2, 0) is 9.59 Å². The number of amides is 1. The SMILES string of the molecule is CCCOc1c(Cl)cc(/C=C/C(=O)N2CCC(C(=O)O)C2)cc1OC.Cl. The van der Waals surface area contributed by atoms with Crippen LogP contribution in [0.2, 0.25) is 5.02 Å². The third-order valence-corrected chi connectivity index (χ3v) is 4.25. The number of halogens is 2. The van der Waals surface area contributed by atoms with Gasteiger partial charge in [-0.25, -0.2) is 0 Å². The lowest BCUT2D eigenvalue weighted by atomic mass is 10.1. The van der Waals surface area contributed by atoms with Gasteiger partial charge in [0.05, 0.1) is 24.7 Å². The third-order valence-electron chi connectivity index (χ3n) is 3.97. The van der Waals surface area contributed by atoms with E-state index in [0.29, 0.717) is 41.7 Å². The highest BCUT2D eigenvalue weighted by Crippen LogP contribution is 2.36. The second-order valence-corrected chi connectivity index (χ2v) is 6.23. The molecule has 0 spiro atoms. The lowest BCUT2D eigenvalue weighted by Gasteiger charge is -2.14. The second kappa shape index (κ2) is 10.3. The van der Waals surface area contributed by atoms with Crippen molar-refractivity contribution in [1.82, 2.24) is 4.90 Å². The Balaban J connectivity index is 0.00000338. The van der Waals surface area contributed by atoms with Gasteiger partial charge in [-0.3, -0.25) is 9.59 Å². The number of carbonyl (C=O) groups excluding carboxylic acids is 1. The van der Waals surface area contributed by atoms with Gasteiger partial charge in [0.25, 0.3) is 0 Å². The van der Waals surface area contributed by atoms with Crippen molar-refractivity contribution in [2.45, 2.75) is 19.8 Å². The summed E-state index contributed by atoms with van der Waals surface area (Å²) in [6, 6.07) is 3.44. The Morgan fingerprint density at radius 2 is 2.15 bits per heavy atom. The number of ether oxygens (including phenoxy) is 2. The predicted octanol–water partition coefficient (Wildman–Crippen LogP) is 3.51. The predicted molar refractivity (Wildman–Crippen MR) is 102 cm³/mol. The quantitative estimate of drug-likeness (QED) is 0.704. The molecule has 0 radical (unpaired) electrons. The Labute approximate surface area is 164 Å². The third kappa shape index (κ3) is 5.54. The number of carboxylic acids is 1. The molecule has 1 saturated heterocycles. The standard InChI is InChI=1S/C18H22ClNO5.ClH/c1-3-8-25-17-14(19)9-12(10-15(17)24-2)4-5-16(21)20-7-6-13(11-20)18(22)23;/h4-5,9-10,13H,3,6-8,11H2,1-2H3,(H,22,23);1H/b5-4+;.